The first-order chi connectivity index (χ1) is 10.2. The number of para-hydroxylation sites is 1. The van der Waals surface area contributed by atoms with E-state index < -0.39 is 0 Å². The molecule has 0 amide bonds. The van der Waals surface area contributed by atoms with Crippen LogP contribution in [0.2, 0.25) is 0 Å². The Balaban J connectivity index is 1.96. The standard InChI is InChI=1S/C18H29NO2/c1-14-7-9-17(10-8-14)21-18-15(2)5-4-6-16(18)13-19-11-12-20-3/h4-6,14,17,19H,7-13H2,1-3H3. The Labute approximate surface area is 129 Å². The van der Waals surface area contributed by atoms with Gasteiger partial charge in [-0.05, 0) is 44.1 Å². The van der Waals surface area contributed by atoms with Gasteiger partial charge in [-0.1, -0.05) is 25.1 Å². The molecule has 0 aromatic heterocycles. The van der Waals surface area contributed by atoms with Crippen LogP contribution in [0.4, 0.5) is 0 Å². The quantitative estimate of drug-likeness (QED) is 0.777. The molecule has 0 heterocycles. The summed E-state index contributed by atoms with van der Waals surface area (Å²) in [7, 11) is 1.73. The second kappa shape index (κ2) is 8.40. The molecule has 1 N–H and O–H groups in total. The SMILES string of the molecule is COCCNCc1cccc(C)c1OC1CCC(C)CC1. The van der Waals surface area contributed by atoms with Crippen LogP contribution in [0.25, 0.3) is 0 Å². The van der Waals surface area contributed by atoms with Crippen molar-refractivity contribution in [1.82, 2.24) is 5.32 Å². The third kappa shape index (κ3) is 5.01. The second-order valence-electron chi connectivity index (χ2n) is 6.23. The van der Waals surface area contributed by atoms with Crippen LogP contribution >= 0.6 is 0 Å². The highest BCUT2D eigenvalue weighted by molar-refractivity contribution is 5.40. The Bertz CT molecular complexity index is 425. The fourth-order valence-electron chi connectivity index (χ4n) is 2.93. The number of aryl methyl sites for hydroxylation is 1. The number of methoxy groups -OCH3 is 1. The number of ether oxygens (including phenoxy) is 2. The minimum Gasteiger partial charge on any atom is -0.490 e. The van der Waals surface area contributed by atoms with Crippen LogP contribution < -0.4 is 10.1 Å². The van der Waals surface area contributed by atoms with Gasteiger partial charge in [0.25, 0.3) is 0 Å². The number of hydrogen-bond donors (Lipinski definition) is 1. The van der Waals surface area contributed by atoms with Gasteiger partial charge in [0.2, 0.25) is 0 Å². The van der Waals surface area contributed by atoms with Gasteiger partial charge in [0.1, 0.15) is 5.75 Å². The van der Waals surface area contributed by atoms with E-state index in [1.807, 2.05) is 0 Å². The van der Waals surface area contributed by atoms with Crippen LogP contribution in [0.15, 0.2) is 18.2 Å². The van der Waals surface area contributed by atoms with Crippen LogP contribution in [-0.2, 0) is 11.3 Å². The molecule has 3 nitrogen and oxygen atoms in total. The van der Waals surface area contributed by atoms with Crippen molar-refractivity contribution >= 4 is 0 Å². The Morgan fingerprint density at radius 1 is 1.19 bits per heavy atom. The lowest BCUT2D eigenvalue weighted by molar-refractivity contribution is 0.133. The molecule has 0 unspecified atom stereocenters. The molecular weight excluding hydrogens is 262 g/mol. The predicted molar refractivity (Wildman–Crippen MR) is 86.8 cm³/mol. The third-order valence-electron chi connectivity index (χ3n) is 4.34. The Kier molecular flexibility index (Phi) is 6.52. The molecule has 0 aliphatic heterocycles. The lowest BCUT2D eigenvalue weighted by Crippen LogP contribution is -2.25. The molecule has 1 aliphatic carbocycles. The highest BCUT2D eigenvalue weighted by atomic mass is 16.5. The van der Waals surface area contributed by atoms with Gasteiger partial charge in [0, 0.05) is 25.8 Å². The summed E-state index contributed by atoms with van der Waals surface area (Å²) in [5.74, 6) is 1.94. The Morgan fingerprint density at radius 2 is 1.95 bits per heavy atom. The number of rotatable bonds is 7. The van der Waals surface area contributed by atoms with Crippen LogP contribution in [0, 0.1) is 12.8 Å². The van der Waals surface area contributed by atoms with Crippen molar-refractivity contribution < 1.29 is 9.47 Å². The largest absolute Gasteiger partial charge is 0.490 e. The molecule has 1 fully saturated rings. The van der Waals surface area contributed by atoms with E-state index in [1.54, 1.807) is 7.11 Å². The first-order valence-corrected chi connectivity index (χ1v) is 8.15. The average Bonchev–Trinajstić information content (AvgIpc) is 2.49. The highest BCUT2D eigenvalue weighted by Gasteiger charge is 2.21. The Hall–Kier alpha value is -1.06. The summed E-state index contributed by atoms with van der Waals surface area (Å²) in [5.41, 5.74) is 2.49. The molecule has 2 rings (SSSR count). The summed E-state index contributed by atoms with van der Waals surface area (Å²) >= 11 is 0. The molecule has 118 valence electrons. The fraction of sp³-hybridized carbons (Fsp3) is 0.667. The Morgan fingerprint density at radius 3 is 2.67 bits per heavy atom. The van der Waals surface area contributed by atoms with Gasteiger partial charge >= 0.3 is 0 Å². The van der Waals surface area contributed by atoms with Crippen molar-refractivity contribution in [3.8, 4) is 5.75 Å². The molecule has 0 spiro atoms. The van der Waals surface area contributed by atoms with Crippen LogP contribution in [0.1, 0.15) is 43.7 Å². The van der Waals surface area contributed by atoms with Crippen molar-refractivity contribution in [3.63, 3.8) is 0 Å². The number of nitrogens with one attached hydrogen (secondary N) is 1. The topological polar surface area (TPSA) is 30.5 Å². The van der Waals surface area contributed by atoms with E-state index in [-0.39, 0.29) is 0 Å². The van der Waals surface area contributed by atoms with E-state index in [0.29, 0.717) is 6.10 Å². The van der Waals surface area contributed by atoms with E-state index in [2.05, 4.69) is 37.4 Å². The van der Waals surface area contributed by atoms with E-state index in [4.69, 9.17) is 9.47 Å². The molecule has 21 heavy (non-hydrogen) atoms. The summed E-state index contributed by atoms with van der Waals surface area (Å²) in [5, 5.41) is 3.41. The lowest BCUT2D eigenvalue weighted by Gasteiger charge is -2.28. The van der Waals surface area contributed by atoms with Gasteiger partial charge in [0.05, 0.1) is 12.7 Å². The normalized spacial score (nSPS) is 22.2. The minimum absolute atomic E-state index is 0.389. The summed E-state index contributed by atoms with van der Waals surface area (Å²) in [4.78, 5) is 0. The zero-order valence-electron chi connectivity index (χ0n) is 13.7. The zero-order valence-corrected chi connectivity index (χ0v) is 13.7. The van der Waals surface area contributed by atoms with Gasteiger partial charge in [-0.3, -0.25) is 0 Å². The molecule has 3 heteroatoms. The molecule has 0 bridgehead atoms. The maximum Gasteiger partial charge on any atom is 0.127 e. The van der Waals surface area contributed by atoms with Crippen LogP contribution in [0.5, 0.6) is 5.75 Å². The monoisotopic (exact) mass is 291 g/mol. The smallest absolute Gasteiger partial charge is 0.127 e. The molecule has 1 aromatic rings. The molecule has 1 aromatic carbocycles. The maximum absolute atomic E-state index is 6.35. The lowest BCUT2D eigenvalue weighted by atomic mass is 9.89. The van der Waals surface area contributed by atoms with Crippen molar-refractivity contribution in [2.75, 3.05) is 20.3 Å². The van der Waals surface area contributed by atoms with Crippen LogP contribution in [0.3, 0.4) is 0 Å². The molecule has 1 saturated carbocycles. The summed E-state index contributed by atoms with van der Waals surface area (Å²) in [6, 6.07) is 6.41. The van der Waals surface area contributed by atoms with Crippen molar-refractivity contribution in [3.05, 3.63) is 29.3 Å². The van der Waals surface area contributed by atoms with E-state index in [0.717, 1.165) is 31.4 Å². The summed E-state index contributed by atoms with van der Waals surface area (Å²) in [6.07, 6.45) is 5.34. The first-order valence-electron chi connectivity index (χ1n) is 8.15. The molecule has 0 saturated heterocycles. The third-order valence-corrected chi connectivity index (χ3v) is 4.34. The van der Waals surface area contributed by atoms with E-state index in [1.165, 1.54) is 36.8 Å². The molecule has 0 atom stereocenters. The van der Waals surface area contributed by atoms with Crippen molar-refractivity contribution in [2.24, 2.45) is 5.92 Å². The van der Waals surface area contributed by atoms with Gasteiger partial charge in [-0.15, -0.1) is 0 Å². The van der Waals surface area contributed by atoms with E-state index in [9.17, 15) is 0 Å². The van der Waals surface area contributed by atoms with Crippen molar-refractivity contribution in [2.45, 2.75) is 52.2 Å². The second-order valence-corrected chi connectivity index (χ2v) is 6.23. The molecular formula is C18H29NO2. The first kappa shape index (κ1) is 16.3. The zero-order chi connectivity index (χ0) is 15.1. The molecule has 0 radical (unpaired) electrons. The van der Waals surface area contributed by atoms with Crippen molar-refractivity contribution in [1.29, 1.82) is 0 Å². The highest BCUT2D eigenvalue weighted by Crippen LogP contribution is 2.30. The van der Waals surface area contributed by atoms with Gasteiger partial charge < -0.3 is 14.8 Å². The van der Waals surface area contributed by atoms with Crippen LogP contribution in [-0.4, -0.2) is 26.4 Å². The van der Waals surface area contributed by atoms with Gasteiger partial charge in [0.15, 0.2) is 0 Å². The van der Waals surface area contributed by atoms with E-state index >= 15 is 0 Å². The summed E-state index contributed by atoms with van der Waals surface area (Å²) < 4.78 is 11.4. The molecule has 1 aliphatic rings. The summed E-state index contributed by atoms with van der Waals surface area (Å²) in [6.45, 7) is 6.92. The average molecular weight is 291 g/mol. The fourth-order valence-corrected chi connectivity index (χ4v) is 2.93. The maximum atomic E-state index is 6.35. The minimum atomic E-state index is 0.389. The number of benzene rings is 1. The van der Waals surface area contributed by atoms with Gasteiger partial charge in [-0.2, -0.15) is 0 Å². The predicted octanol–water partition coefficient (Wildman–Crippen LogP) is 3.69. The number of hydrogen-bond acceptors (Lipinski definition) is 3. The van der Waals surface area contributed by atoms with Gasteiger partial charge in [-0.25, -0.2) is 0 Å².